The number of hydrogen-bond donors (Lipinski definition) is 0. The first-order valence-corrected chi connectivity index (χ1v) is 17.6. The summed E-state index contributed by atoms with van der Waals surface area (Å²) in [4.78, 5) is 0. The zero-order valence-corrected chi connectivity index (χ0v) is 27.6. The van der Waals surface area contributed by atoms with Gasteiger partial charge in [0.05, 0.1) is 3.79 Å². The minimum atomic E-state index is 0.841. The van der Waals surface area contributed by atoms with Crippen LogP contribution in [0.1, 0.15) is 90.2 Å². The Morgan fingerprint density at radius 2 is 1.15 bits per heavy atom. The van der Waals surface area contributed by atoms with Gasteiger partial charge in [-0.15, -0.1) is 11.3 Å². The van der Waals surface area contributed by atoms with Crippen molar-refractivity contribution >= 4 is 38.6 Å². The number of hydrogen-bond acceptors (Lipinski definition) is 2. The lowest BCUT2D eigenvalue weighted by Gasteiger charge is -2.14. The van der Waals surface area contributed by atoms with Crippen LogP contribution in [0.15, 0.2) is 80.6 Å². The predicted molar refractivity (Wildman–Crippen MR) is 181 cm³/mol. The van der Waals surface area contributed by atoms with Gasteiger partial charge >= 0.3 is 0 Å². The third-order valence-corrected chi connectivity index (χ3v) is 10.2. The zero-order chi connectivity index (χ0) is 27.9. The number of thiophene rings is 2. The van der Waals surface area contributed by atoms with Crippen LogP contribution in [0.5, 0.6) is 0 Å². The van der Waals surface area contributed by atoms with Crippen LogP contribution in [0.25, 0.3) is 22.3 Å². The van der Waals surface area contributed by atoms with E-state index in [0.29, 0.717) is 0 Å². The second-order valence-corrected chi connectivity index (χ2v) is 13.8. The molecule has 0 N–H and O–H groups in total. The van der Waals surface area contributed by atoms with E-state index < -0.39 is 0 Å². The van der Waals surface area contributed by atoms with Gasteiger partial charge in [-0.1, -0.05) is 128 Å². The maximum Gasteiger partial charge on any atom is 0.0776 e. The van der Waals surface area contributed by atoms with Crippen LogP contribution in [0.2, 0.25) is 0 Å². The first kappa shape index (κ1) is 31.8. The SMILES string of the molecule is CCCCC(CC)Cc1ccc(-c2ccsc2)cc1.CCCCC(CC)Cc1ccc(-c2ccsc2Br)cc1. The lowest BCUT2D eigenvalue weighted by Crippen LogP contribution is -2.03. The Kier molecular flexibility index (Phi) is 14.6. The van der Waals surface area contributed by atoms with Gasteiger partial charge in [0.25, 0.3) is 0 Å². The highest BCUT2D eigenvalue weighted by Gasteiger charge is 2.09. The predicted octanol–water partition coefficient (Wildman–Crippen LogP) is 13.1. The topological polar surface area (TPSA) is 0 Å². The molecule has 4 rings (SSSR count). The molecule has 0 nitrogen and oxygen atoms in total. The fourth-order valence-corrected chi connectivity index (χ4v) is 7.12. The monoisotopic (exact) mass is 622 g/mol. The highest BCUT2D eigenvalue weighted by atomic mass is 79.9. The number of halogens is 1. The Bertz CT molecular complexity index is 1160. The fourth-order valence-electron chi connectivity index (χ4n) is 5.14. The third-order valence-electron chi connectivity index (χ3n) is 7.83. The maximum atomic E-state index is 3.62. The van der Waals surface area contributed by atoms with E-state index in [0.717, 1.165) is 11.8 Å². The Morgan fingerprint density at radius 1 is 0.615 bits per heavy atom. The number of unbranched alkanes of at least 4 members (excludes halogenated alkanes) is 2. The third kappa shape index (κ3) is 10.7. The number of benzene rings is 2. The molecule has 0 saturated heterocycles. The minimum absolute atomic E-state index is 0.841. The second-order valence-electron chi connectivity index (χ2n) is 10.8. The van der Waals surface area contributed by atoms with E-state index in [2.05, 4.69) is 120 Å². The summed E-state index contributed by atoms with van der Waals surface area (Å²) in [7, 11) is 0. The molecule has 2 aromatic heterocycles. The smallest absolute Gasteiger partial charge is 0.0776 e. The Hall–Kier alpha value is -1.68. The van der Waals surface area contributed by atoms with Crippen LogP contribution in [0, 0.1) is 11.8 Å². The van der Waals surface area contributed by atoms with E-state index in [-0.39, 0.29) is 0 Å². The van der Waals surface area contributed by atoms with Crippen molar-refractivity contribution in [1.29, 1.82) is 0 Å². The molecule has 3 heteroatoms. The maximum absolute atomic E-state index is 3.62. The van der Waals surface area contributed by atoms with Crippen molar-refractivity contribution in [1.82, 2.24) is 0 Å². The van der Waals surface area contributed by atoms with Crippen molar-refractivity contribution in [3.63, 3.8) is 0 Å². The van der Waals surface area contributed by atoms with Crippen molar-refractivity contribution in [2.75, 3.05) is 0 Å². The molecule has 39 heavy (non-hydrogen) atoms. The molecule has 0 aliphatic carbocycles. The zero-order valence-electron chi connectivity index (χ0n) is 24.4. The standard InChI is InChI=1S/C18H23BrS.C18H24S/c1-3-5-6-14(4-2)13-15-7-9-16(10-8-15)17-11-12-20-18(17)19;1-3-5-6-15(4-2)13-16-7-9-17(10-8-16)18-11-12-19-14-18/h7-12,14H,3-6,13H2,1-2H3;7-12,14-15H,3-6,13H2,1-2H3. The summed E-state index contributed by atoms with van der Waals surface area (Å²) in [5, 5.41) is 6.48. The summed E-state index contributed by atoms with van der Waals surface area (Å²) in [6, 6.07) is 22.6. The van der Waals surface area contributed by atoms with E-state index in [1.165, 1.54) is 101 Å². The Morgan fingerprint density at radius 3 is 1.56 bits per heavy atom. The highest BCUT2D eigenvalue weighted by Crippen LogP contribution is 2.33. The largest absolute Gasteiger partial charge is 0.152 e. The molecular weight excluding hydrogens is 576 g/mol. The van der Waals surface area contributed by atoms with Gasteiger partial charge in [0.15, 0.2) is 0 Å². The van der Waals surface area contributed by atoms with Crippen LogP contribution < -0.4 is 0 Å². The van der Waals surface area contributed by atoms with Gasteiger partial charge in [-0.3, -0.25) is 0 Å². The van der Waals surface area contributed by atoms with E-state index in [4.69, 9.17) is 0 Å². The molecule has 0 radical (unpaired) electrons. The van der Waals surface area contributed by atoms with Gasteiger partial charge in [0.1, 0.15) is 0 Å². The van der Waals surface area contributed by atoms with E-state index in [1.54, 1.807) is 22.7 Å². The Balaban J connectivity index is 0.000000216. The fraction of sp³-hybridized carbons (Fsp3) is 0.444. The molecule has 4 aromatic rings. The normalized spacial score (nSPS) is 12.5. The summed E-state index contributed by atoms with van der Waals surface area (Å²) in [6.07, 6.45) is 13.1. The lowest BCUT2D eigenvalue weighted by atomic mass is 9.91. The quantitative estimate of drug-likeness (QED) is 0.131. The van der Waals surface area contributed by atoms with E-state index in [9.17, 15) is 0 Å². The van der Waals surface area contributed by atoms with Crippen LogP contribution in [0.3, 0.4) is 0 Å². The second kappa shape index (κ2) is 17.9. The van der Waals surface area contributed by atoms with E-state index >= 15 is 0 Å². The summed E-state index contributed by atoms with van der Waals surface area (Å²) in [6.45, 7) is 9.19. The first-order chi connectivity index (χ1) is 19.1. The molecule has 0 spiro atoms. The molecule has 0 saturated carbocycles. The van der Waals surface area contributed by atoms with Crippen molar-refractivity contribution in [3.8, 4) is 22.3 Å². The van der Waals surface area contributed by atoms with Gasteiger partial charge in [-0.05, 0) is 96.7 Å². The molecule has 2 unspecified atom stereocenters. The molecule has 0 bridgehead atoms. The number of rotatable bonds is 14. The highest BCUT2D eigenvalue weighted by molar-refractivity contribution is 9.11. The van der Waals surface area contributed by atoms with Crippen molar-refractivity contribution in [3.05, 3.63) is 91.7 Å². The van der Waals surface area contributed by atoms with Crippen molar-refractivity contribution in [2.24, 2.45) is 11.8 Å². The van der Waals surface area contributed by atoms with Gasteiger partial charge in [-0.25, -0.2) is 0 Å². The molecular formula is C36H47BrS2. The van der Waals surface area contributed by atoms with E-state index in [1.807, 2.05) is 0 Å². The lowest BCUT2D eigenvalue weighted by molar-refractivity contribution is 0.449. The van der Waals surface area contributed by atoms with Gasteiger partial charge in [-0.2, -0.15) is 11.3 Å². The molecule has 0 aliphatic heterocycles. The Labute approximate surface area is 255 Å². The summed E-state index contributed by atoms with van der Waals surface area (Å²) < 4.78 is 1.22. The van der Waals surface area contributed by atoms with Crippen LogP contribution in [-0.4, -0.2) is 0 Å². The first-order valence-electron chi connectivity index (χ1n) is 15.0. The molecule has 2 heterocycles. The van der Waals surface area contributed by atoms with Crippen molar-refractivity contribution in [2.45, 2.75) is 91.9 Å². The molecule has 210 valence electrons. The van der Waals surface area contributed by atoms with Gasteiger partial charge in [0, 0.05) is 5.56 Å². The molecule has 0 fully saturated rings. The van der Waals surface area contributed by atoms with Gasteiger partial charge in [0.2, 0.25) is 0 Å². The molecule has 0 aliphatic rings. The van der Waals surface area contributed by atoms with Crippen LogP contribution in [0.4, 0.5) is 0 Å². The molecule has 2 aromatic carbocycles. The summed E-state index contributed by atoms with van der Waals surface area (Å²) in [5.74, 6) is 1.70. The summed E-state index contributed by atoms with van der Waals surface area (Å²) in [5.41, 5.74) is 8.26. The van der Waals surface area contributed by atoms with Gasteiger partial charge < -0.3 is 0 Å². The van der Waals surface area contributed by atoms with Crippen LogP contribution >= 0.6 is 38.6 Å². The van der Waals surface area contributed by atoms with Crippen LogP contribution in [-0.2, 0) is 12.8 Å². The molecule has 2 atom stereocenters. The summed E-state index contributed by atoms with van der Waals surface area (Å²) >= 11 is 7.13. The minimum Gasteiger partial charge on any atom is -0.152 e. The molecule has 0 amide bonds. The van der Waals surface area contributed by atoms with Crippen molar-refractivity contribution < 1.29 is 0 Å². The average Bonchev–Trinajstić information content (AvgIpc) is 3.67. The average molecular weight is 624 g/mol.